The van der Waals surface area contributed by atoms with Crippen LogP contribution in [0.4, 0.5) is 0 Å². The van der Waals surface area contributed by atoms with Crippen molar-refractivity contribution in [2.24, 2.45) is 0 Å². The van der Waals surface area contributed by atoms with E-state index in [9.17, 15) is 4.79 Å². The third-order valence-corrected chi connectivity index (χ3v) is 4.31. The second-order valence-electron chi connectivity index (χ2n) is 3.88. The van der Waals surface area contributed by atoms with Gasteiger partial charge >= 0.3 is 0 Å². The number of likely N-dealkylation sites (N-methyl/N-ethyl adjacent to an activating group) is 1. The molecule has 0 N–H and O–H groups in total. The molecule has 1 aliphatic rings. The van der Waals surface area contributed by atoms with Gasteiger partial charge in [-0.3, -0.25) is 9.69 Å². The van der Waals surface area contributed by atoms with Crippen LogP contribution in [-0.4, -0.2) is 28.8 Å². The Labute approximate surface area is 131 Å². The fraction of sp³-hybridized carbons (Fsp3) is 0.154. The first-order valence-electron chi connectivity index (χ1n) is 5.54. The molecule has 1 amide bonds. The quantitative estimate of drug-likeness (QED) is 0.632. The Morgan fingerprint density at radius 2 is 2.35 bits per heavy atom. The van der Waals surface area contributed by atoms with Crippen LogP contribution < -0.4 is 4.74 Å². The van der Waals surface area contributed by atoms with E-state index in [-0.39, 0.29) is 12.5 Å². The molecule has 0 atom stereocenters. The van der Waals surface area contributed by atoms with Crippen LogP contribution in [0.2, 0.25) is 5.02 Å². The minimum atomic E-state index is -0.124. The summed E-state index contributed by atoms with van der Waals surface area (Å²) in [5, 5.41) is 8.85. The summed E-state index contributed by atoms with van der Waals surface area (Å²) in [6, 6.07) is 6.98. The number of carbonyl (C=O) groups excluding carboxylic acids is 1. The van der Waals surface area contributed by atoms with E-state index in [0.717, 1.165) is 5.56 Å². The number of benzene rings is 1. The number of hydrogen-bond donors (Lipinski definition) is 0. The van der Waals surface area contributed by atoms with Gasteiger partial charge in [0.15, 0.2) is 6.61 Å². The van der Waals surface area contributed by atoms with E-state index in [2.05, 4.69) is 0 Å². The highest BCUT2D eigenvalue weighted by Crippen LogP contribution is 2.33. The lowest BCUT2D eigenvalue weighted by Gasteiger charge is -2.05. The van der Waals surface area contributed by atoms with E-state index in [1.54, 1.807) is 31.3 Å². The molecule has 102 valence electrons. The van der Waals surface area contributed by atoms with Gasteiger partial charge in [-0.25, -0.2) is 0 Å². The zero-order chi connectivity index (χ0) is 14.7. The molecule has 2 rings (SSSR count). The van der Waals surface area contributed by atoms with Gasteiger partial charge in [0.1, 0.15) is 16.1 Å². The number of amides is 1. The van der Waals surface area contributed by atoms with Gasteiger partial charge in [0, 0.05) is 7.05 Å². The van der Waals surface area contributed by atoms with Gasteiger partial charge in [0.05, 0.1) is 9.93 Å². The summed E-state index contributed by atoms with van der Waals surface area (Å²) in [6.07, 6.45) is 1.72. The van der Waals surface area contributed by atoms with Crippen molar-refractivity contribution in [1.29, 1.82) is 5.26 Å². The maximum Gasteiger partial charge on any atom is 0.265 e. The Morgan fingerprint density at radius 3 is 2.90 bits per heavy atom. The monoisotopic (exact) mass is 324 g/mol. The lowest BCUT2D eigenvalue weighted by molar-refractivity contribution is -0.121. The Morgan fingerprint density at radius 1 is 1.60 bits per heavy atom. The number of halogens is 1. The highest BCUT2D eigenvalue weighted by atomic mass is 35.5. The van der Waals surface area contributed by atoms with Gasteiger partial charge in [-0.15, -0.1) is 0 Å². The first kappa shape index (κ1) is 14.9. The molecule has 1 fully saturated rings. The number of nitriles is 1. The molecule has 20 heavy (non-hydrogen) atoms. The summed E-state index contributed by atoms with van der Waals surface area (Å²) in [5.74, 6) is 0.314. The van der Waals surface area contributed by atoms with E-state index in [4.69, 9.17) is 33.8 Å². The lowest BCUT2D eigenvalue weighted by atomic mass is 10.2. The van der Waals surface area contributed by atoms with Crippen molar-refractivity contribution < 1.29 is 9.53 Å². The average Bonchev–Trinajstić information content (AvgIpc) is 2.65. The lowest BCUT2D eigenvalue weighted by Crippen LogP contribution is -2.22. The molecule has 1 heterocycles. The molecular formula is C13H9ClN2O2S2. The van der Waals surface area contributed by atoms with Gasteiger partial charge in [-0.1, -0.05) is 41.6 Å². The van der Waals surface area contributed by atoms with Gasteiger partial charge in [-0.2, -0.15) is 5.26 Å². The molecule has 0 spiro atoms. The normalized spacial score (nSPS) is 16.6. The zero-order valence-electron chi connectivity index (χ0n) is 10.4. The van der Waals surface area contributed by atoms with E-state index in [0.29, 0.717) is 20.0 Å². The highest BCUT2D eigenvalue weighted by Gasteiger charge is 2.28. The minimum absolute atomic E-state index is 0.0619. The van der Waals surface area contributed by atoms with Crippen LogP contribution in [-0.2, 0) is 4.79 Å². The van der Waals surface area contributed by atoms with E-state index >= 15 is 0 Å². The van der Waals surface area contributed by atoms with Crippen LogP contribution in [0.25, 0.3) is 6.08 Å². The molecule has 0 saturated carbocycles. The van der Waals surface area contributed by atoms with Crippen molar-refractivity contribution in [1.82, 2.24) is 4.90 Å². The predicted molar refractivity (Wildman–Crippen MR) is 83.5 cm³/mol. The Balaban J connectivity index is 2.23. The van der Waals surface area contributed by atoms with Gasteiger partial charge < -0.3 is 4.74 Å². The van der Waals surface area contributed by atoms with Crippen LogP contribution in [0.1, 0.15) is 5.56 Å². The number of rotatable bonds is 3. The standard InChI is InChI=1S/C13H9ClN2O2S2/c1-16-12(17)11(20-13(16)19)7-8-2-3-10(9(14)6-8)18-5-4-15/h2-3,6-7H,5H2,1H3/b11-7+. The Hall–Kier alpha value is -1.55. The number of nitrogens with zero attached hydrogens (tertiary/aromatic N) is 2. The SMILES string of the molecule is CN1C(=O)/C(=C\c2ccc(OCC#N)c(Cl)c2)SC1=S. The van der Waals surface area contributed by atoms with E-state index < -0.39 is 0 Å². The molecular weight excluding hydrogens is 316 g/mol. The maximum absolute atomic E-state index is 11.9. The van der Waals surface area contributed by atoms with Crippen LogP contribution in [0.15, 0.2) is 23.1 Å². The number of hydrogen-bond acceptors (Lipinski definition) is 5. The van der Waals surface area contributed by atoms with Crippen molar-refractivity contribution in [2.45, 2.75) is 0 Å². The molecule has 7 heteroatoms. The number of carbonyl (C=O) groups is 1. The molecule has 1 aromatic rings. The first-order chi connectivity index (χ1) is 9.52. The molecule has 4 nitrogen and oxygen atoms in total. The molecule has 0 unspecified atom stereocenters. The number of ether oxygens (including phenoxy) is 1. The second-order valence-corrected chi connectivity index (χ2v) is 5.96. The van der Waals surface area contributed by atoms with Gasteiger partial charge in [0.25, 0.3) is 5.91 Å². The summed E-state index contributed by atoms with van der Waals surface area (Å²) < 4.78 is 5.68. The summed E-state index contributed by atoms with van der Waals surface area (Å²) in [7, 11) is 1.64. The van der Waals surface area contributed by atoms with Crippen molar-refractivity contribution in [2.75, 3.05) is 13.7 Å². The van der Waals surface area contributed by atoms with Gasteiger partial charge in [-0.05, 0) is 23.8 Å². The fourth-order valence-electron chi connectivity index (χ4n) is 1.53. The van der Waals surface area contributed by atoms with E-state index in [1.165, 1.54) is 16.7 Å². The van der Waals surface area contributed by atoms with Crippen molar-refractivity contribution >= 4 is 51.9 Å². The fourth-order valence-corrected chi connectivity index (χ4v) is 2.95. The highest BCUT2D eigenvalue weighted by molar-refractivity contribution is 8.26. The number of thiocarbonyl (C=S) groups is 1. The summed E-state index contributed by atoms with van der Waals surface area (Å²) in [4.78, 5) is 13.9. The van der Waals surface area contributed by atoms with Crippen molar-refractivity contribution in [3.8, 4) is 11.8 Å². The molecule has 0 aromatic heterocycles. The minimum Gasteiger partial charge on any atom is -0.477 e. The average molecular weight is 325 g/mol. The van der Waals surface area contributed by atoms with Crippen LogP contribution in [0.5, 0.6) is 5.75 Å². The molecule has 1 aliphatic heterocycles. The van der Waals surface area contributed by atoms with Crippen LogP contribution in [0.3, 0.4) is 0 Å². The molecule has 0 bridgehead atoms. The third-order valence-electron chi connectivity index (χ3n) is 2.53. The van der Waals surface area contributed by atoms with Gasteiger partial charge in [0.2, 0.25) is 0 Å². The third kappa shape index (κ3) is 3.12. The van der Waals surface area contributed by atoms with Crippen molar-refractivity contribution in [3.63, 3.8) is 0 Å². The smallest absolute Gasteiger partial charge is 0.265 e. The molecule has 1 aromatic carbocycles. The first-order valence-corrected chi connectivity index (χ1v) is 7.14. The summed E-state index contributed by atoms with van der Waals surface area (Å²) >= 11 is 12.4. The molecule has 0 aliphatic carbocycles. The topological polar surface area (TPSA) is 53.3 Å². The zero-order valence-corrected chi connectivity index (χ0v) is 12.8. The Kier molecular flexibility index (Phi) is 4.65. The largest absolute Gasteiger partial charge is 0.477 e. The maximum atomic E-state index is 11.9. The van der Waals surface area contributed by atoms with E-state index in [1.807, 2.05) is 6.07 Å². The van der Waals surface area contributed by atoms with Crippen LogP contribution >= 0.6 is 35.6 Å². The summed E-state index contributed by atoms with van der Waals surface area (Å²) in [6.45, 7) is -0.0619. The predicted octanol–water partition coefficient (Wildman–Crippen LogP) is 3.07. The van der Waals surface area contributed by atoms with Crippen molar-refractivity contribution in [3.05, 3.63) is 33.7 Å². The Bertz CT molecular complexity index is 652. The molecule has 0 radical (unpaired) electrons. The van der Waals surface area contributed by atoms with Crippen LogP contribution in [0, 0.1) is 11.3 Å². The summed E-state index contributed by atoms with van der Waals surface area (Å²) in [5.41, 5.74) is 0.772. The number of thioether (sulfide) groups is 1. The second kappa shape index (κ2) is 6.27. The molecule has 1 saturated heterocycles.